The van der Waals surface area contributed by atoms with Crippen molar-refractivity contribution >= 4 is 29.9 Å². The van der Waals surface area contributed by atoms with E-state index in [1.165, 1.54) is 0 Å². The van der Waals surface area contributed by atoms with Crippen LogP contribution in [0, 0.1) is 5.41 Å². The van der Waals surface area contributed by atoms with Crippen molar-refractivity contribution in [1.82, 2.24) is 4.90 Å². The smallest absolute Gasteiger partial charge is 0.253 e. The van der Waals surface area contributed by atoms with Gasteiger partial charge in [0, 0.05) is 30.9 Å². The minimum Gasteiger partial charge on any atom is -0.339 e. The molecule has 1 aliphatic heterocycles. The summed E-state index contributed by atoms with van der Waals surface area (Å²) in [5.41, 5.74) is 6.32. The molecule has 6 heteroatoms. The number of carbonyl (C=O) groups is 2. The second-order valence-electron chi connectivity index (χ2n) is 6.12. The zero-order valence-corrected chi connectivity index (χ0v) is 13.9. The van der Waals surface area contributed by atoms with Crippen molar-refractivity contribution < 1.29 is 9.59 Å². The summed E-state index contributed by atoms with van der Waals surface area (Å²) in [6.07, 6.45) is 2.15. The third-order valence-electron chi connectivity index (χ3n) is 3.91. The molecular weight excluding hydrogens is 302 g/mol. The fraction of sp³-hybridized carbons (Fsp3) is 0.500. The number of nitrogens with two attached hydrogens (primary N) is 1. The Hall–Kier alpha value is -1.59. The van der Waals surface area contributed by atoms with Gasteiger partial charge in [0.2, 0.25) is 5.91 Å². The highest BCUT2D eigenvalue weighted by Crippen LogP contribution is 2.19. The van der Waals surface area contributed by atoms with E-state index in [4.69, 9.17) is 5.73 Å². The number of carbonyl (C=O) groups excluding carboxylic acids is 2. The molecule has 1 aromatic carbocycles. The molecule has 0 atom stereocenters. The molecule has 5 nitrogen and oxygen atoms in total. The molecule has 0 unspecified atom stereocenters. The maximum absolute atomic E-state index is 12.2. The highest BCUT2D eigenvalue weighted by atomic mass is 35.5. The van der Waals surface area contributed by atoms with E-state index in [1.54, 1.807) is 38.1 Å². The van der Waals surface area contributed by atoms with Gasteiger partial charge < -0.3 is 16.0 Å². The first-order chi connectivity index (χ1) is 9.94. The third kappa shape index (κ3) is 4.21. The van der Waals surface area contributed by atoms with Gasteiger partial charge in [-0.3, -0.25) is 9.59 Å². The Bertz CT molecular complexity index is 523. The molecular formula is C16H24ClN3O2. The molecule has 0 aromatic heterocycles. The van der Waals surface area contributed by atoms with Crippen molar-refractivity contribution in [3.63, 3.8) is 0 Å². The lowest BCUT2D eigenvalue weighted by atomic mass is 9.92. The van der Waals surface area contributed by atoms with E-state index >= 15 is 0 Å². The van der Waals surface area contributed by atoms with Crippen molar-refractivity contribution in [2.24, 2.45) is 11.1 Å². The second kappa shape index (κ2) is 7.61. The van der Waals surface area contributed by atoms with E-state index in [-0.39, 0.29) is 30.8 Å². The second-order valence-corrected chi connectivity index (χ2v) is 6.12. The Morgan fingerprint density at radius 1 is 1.18 bits per heavy atom. The van der Waals surface area contributed by atoms with E-state index in [1.807, 2.05) is 4.90 Å². The Balaban J connectivity index is 0.00000242. The number of rotatable bonds is 4. The molecule has 122 valence electrons. The summed E-state index contributed by atoms with van der Waals surface area (Å²) >= 11 is 0. The molecule has 0 radical (unpaired) electrons. The van der Waals surface area contributed by atoms with Crippen molar-refractivity contribution in [3.8, 4) is 0 Å². The molecule has 1 saturated heterocycles. The number of benzene rings is 1. The van der Waals surface area contributed by atoms with Gasteiger partial charge >= 0.3 is 0 Å². The molecule has 2 rings (SSSR count). The Morgan fingerprint density at radius 3 is 2.23 bits per heavy atom. The minimum atomic E-state index is -0.607. The third-order valence-corrected chi connectivity index (χ3v) is 3.91. The van der Waals surface area contributed by atoms with Crippen LogP contribution < -0.4 is 11.1 Å². The van der Waals surface area contributed by atoms with Crippen LogP contribution in [0.15, 0.2) is 24.3 Å². The van der Waals surface area contributed by atoms with Gasteiger partial charge in [-0.1, -0.05) is 0 Å². The molecule has 0 saturated carbocycles. The van der Waals surface area contributed by atoms with Gasteiger partial charge in [-0.2, -0.15) is 0 Å². The molecule has 3 N–H and O–H groups in total. The topological polar surface area (TPSA) is 75.4 Å². The molecule has 0 bridgehead atoms. The van der Waals surface area contributed by atoms with Gasteiger partial charge in [0.15, 0.2) is 0 Å². The monoisotopic (exact) mass is 325 g/mol. The lowest BCUT2D eigenvalue weighted by Crippen LogP contribution is -2.37. The molecule has 22 heavy (non-hydrogen) atoms. The number of hydrogen-bond acceptors (Lipinski definition) is 3. The lowest BCUT2D eigenvalue weighted by molar-refractivity contribution is -0.123. The van der Waals surface area contributed by atoms with E-state index in [0.29, 0.717) is 11.3 Å². The summed E-state index contributed by atoms with van der Waals surface area (Å²) in [5.74, 6) is -0.0590. The number of amides is 2. The zero-order chi connectivity index (χ0) is 15.5. The highest BCUT2D eigenvalue weighted by Gasteiger charge is 2.26. The molecule has 1 heterocycles. The van der Waals surface area contributed by atoms with E-state index in [0.717, 1.165) is 25.9 Å². The van der Waals surface area contributed by atoms with Crippen LogP contribution >= 0.6 is 12.4 Å². The van der Waals surface area contributed by atoms with Crippen molar-refractivity contribution in [3.05, 3.63) is 29.8 Å². The quantitative estimate of drug-likeness (QED) is 0.891. The predicted octanol–water partition coefficient (Wildman–Crippen LogP) is 2.27. The summed E-state index contributed by atoms with van der Waals surface area (Å²) in [7, 11) is 0. The molecule has 2 amide bonds. The molecule has 1 aliphatic rings. The largest absolute Gasteiger partial charge is 0.339 e. The number of likely N-dealkylation sites (tertiary alicyclic amines) is 1. The normalized spacial score (nSPS) is 14.4. The van der Waals surface area contributed by atoms with Crippen LogP contribution in [-0.4, -0.2) is 36.3 Å². The summed E-state index contributed by atoms with van der Waals surface area (Å²) in [5, 5.41) is 2.82. The molecule has 1 fully saturated rings. The fourth-order valence-corrected chi connectivity index (χ4v) is 2.19. The Labute approximate surface area is 137 Å². The van der Waals surface area contributed by atoms with Gasteiger partial charge in [0.25, 0.3) is 5.91 Å². The number of hydrogen-bond donors (Lipinski definition) is 2. The number of anilines is 1. The van der Waals surface area contributed by atoms with Crippen LogP contribution in [0.2, 0.25) is 0 Å². The van der Waals surface area contributed by atoms with Gasteiger partial charge in [-0.05, 0) is 51.0 Å². The van der Waals surface area contributed by atoms with Crippen LogP contribution in [0.5, 0.6) is 0 Å². The first-order valence-electron chi connectivity index (χ1n) is 7.35. The fourth-order valence-electron chi connectivity index (χ4n) is 2.19. The number of nitrogens with one attached hydrogen (secondary N) is 1. The van der Waals surface area contributed by atoms with Crippen LogP contribution in [0.1, 0.15) is 37.0 Å². The average Bonchev–Trinajstić information content (AvgIpc) is 3.01. The Morgan fingerprint density at radius 2 is 1.73 bits per heavy atom. The standard InChI is InChI=1S/C16H23N3O2.ClH/c1-16(2,11-17)15(21)18-13-7-5-12(6-8-13)14(20)19-9-3-4-10-19;/h5-8H,3-4,9-11,17H2,1-2H3,(H,18,21);1H. The van der Waals surface area contributed by atoms with E-state index in [2.05, 4.69) is 5.32 Å². The van der Waals surface area contributed by atoms with Crippen LogP contribution in [-0.2, 0) is 4.79 Å². The lowest BCUT2D eigenvalue weighted by Gasteiger charge is -2.21. The van der Waals surface area contributed by atoms with Crippen LogP contribution in [0.25, 0.3) is 0 Å². The van der Waals surface area contributed by atoms with Gasteiger partial charge in [-0.15, -0.1) is 12.4 Å². The summed E-state index contributed by atoms with van der Waals surface area (Å²) in [4.78, 5) is 26.1. The number of nitrogens with zero attached hydrogens (tertiary/aromatic N) is 1. The van der Waals surface area contributed by atoms with Gasteiger partial charge in [-0.25, -0.2) is 0 Å². The SMILES string of the molecule is CC(C)(CN)C(=O)Nc1ccc(C(=O)N2CCCC2)cc1.Cl. The first-order valence-corrected chi connectivity index (χ1v) is 7.35. The highest BCUT2D eigenvalue weighted by molar-refractivity contribution is 5.97. The maximum Gasteiger partial charge on any atom is 0.253 e. The summed E-state index contributed by atoms with van der Waals surface area (Å²) in [6, 6.07) is 7.03. The minimum absolute atomic E-state index is 0. The summed E-state index contributed by atoms with van der Waals surface area (Å²) < 4.78 is 0. The molecule has 1 aromatic rings. The van der Waals surface area contributed by atoms with Gasteiger partial charge in [0.1, 0.15) is 0 Å². The van der Waals surface area contributed by atoms with Crippen LogP contribution in [0.4, 0.5) is 5.69 Å². The average molecular weight is 326 g/mol. The molecule has 0 spiro atoms. The van der Waals surface area contributed by atoms with E-state index in [9.17, 15) is 9.59 Å². The van der Waals surface area contributed by atoms with Crippen molar-refractivity contribution in [2.75, 3.05) is 25.0 Å². The van der Waals surface area contributed by atoms with Crippen LogP contribution in [0.3, 0.4) is 0 Å². The van der Waals surface area contributed by atoms with E-state index < -0.39 is 5.41 Å². The van der Waals surface area contributed by atoms with Gasteiger partial charge in [0.05, 0.1) is 5.41 Å². The summed E-state index contributed by atoms with van der Waals surface area (Å²) in [6.45, 7) is 5.55. The predicted molar refractivity (Wildman–Crippen MR) is 90.3 cm³/mol. The maximum atomic E-state index is 12.2. The number of halogens is 1. The molecule has 0 aliphatic carbocycles. The van der Waals surface area contributed by atoms with Crippen molar-refractivity contribution in [2.45, 2.75) is 26.7 Å². The zero-order valence-electron chi connectivity index (χ0n) is 13.1. The van der Waals surface area contributed by atoms with Crippen molar-refractivity contribution in [1.29, 1.82) is 0 Å². The first kappa shape index (κ1) is 18.5. The Kier molecular flexibility index (Phi) is 6.38.